The minimum absolute atomic E-state index is 0.201. The maximum atomic E-state index is 9.26. The Morgan fingerprint density at radius 2 is 2.00 bits per heavy atom. The SMILES string of the molecule is N#CC1(c2cccc3cc(Br)ccc23)CC1. The molecule has 2 heteroatoms. The lowest BCUT2D eigenvalue weighted by atomic mass is 9.92. The van der Waals surface area contributed by atoms with Gasteiger partial charge in [-0.15, -0.1) is 0 Å². The van der Waals surface area contributed by atoms with Gasteiger partial charge in [-0.05, 0) is 41.3 Å². The van der Waals surface area contributed by atoms with E-state index in [9.17, 15) is 5.26 Å². The van der Waals surface area contributed by atoms with Gasteiger partial charge in [0.1, 0.15) is 0 Å². The van der Waals surface area contributed by atoms with E-state index in [2.05, 4.69) is 46.3 Å². The van der Waals surface area contributed by atoms with E-state index in [1.54, 1.807) is 0 Å². The average Bonchev–Trinajstić information content (AvgIpc) is 3.08. The highest BCUT2D eigenvalue weighted by Gasteiger charge is 2.45. The van der Waals surface area contributed by atoms with Crippen molar-refractivity contribution >= 4 is 26.7 Å². The summed E-state index contributed by atoms with van der Waals surface area (Å²) in [6.45, 7) is 0. The second-order valence-corrected chi connectivity index (χ2v) is 5.28. The summed E-state index contributed by atoms with van der Waals surface area (Å²) in [5.74, 6) is 0. The Bertz CT molecular complexity index is 606. The molecule has 0 amide bonds. The molecule has 2 aromatic rings. The van der Waals surface area contributed by atoms with Crippen LogP contribution in [0.4, 0.5) is 0 Å². The van der Waals surface area contributed by atoms with Crippen LogP contribution in [0, 0.1) is 11.3 Å². The Morgan fingerprint density at radius 1 is 1.19 bits per heavy atom. The van der Waals surface area contributed by atoms with Crippen molar-refractivity contribution in [3.63, 3.8) is 0 Å². The van der Waals surface area contributed by atoms with E-state index in [-0.39, 0.29) is 5.41 Å². The van der Waals surface area contributed by atoms with Crippen LogP contribution in [0.25, 0.3) is 10.8 Å². The summed E-state index contributed by atoms with van der Waals surface area (Å²) in [5, 5.41) is 11.7. The number of nitriles is 1. The highest BCUT2D eigenvalue weighted by atomic mass is 79.9. The smallest absolute Gasteiger partial charge is 0.0829 e. The monoisotopic (exact) mass is 271 g/mol. The van der Waals surface area contributed by atoms with E-state index in [0.717, 1.165) is 17.3 Å². The van der Waals surface area contributed by atoms with Crippen LogP contribution >= 0.6 is 15.9 Å². The second kappa shape index (κ2) is 3.33. The second-order valence-electron chi connectivity index (χ2n) is 4.36. The van der Waals surface area contributed by atoms with Crippen molar-refractivity contribution in [3.8, 4) is 6.07 Å². The first kappa shape index (κ1) is 9.86. The molecule has 0 saturated heterocycles. The number of rotatable bonds is 1. The Balaban J connectivity index is 2.31. The van der Waals surface area contributed by atoms with Gasteiger partial charge in [0.25, 0.3) is 0 Å². The van der Waals surface area contributed by atoms with Gasteiger partial charge in [-0.1, -0.05) is 40.2 Å². The zero-order valence-corrected chi connectivity index (χ0v) is 10.3. The van der Waals surface area contributed by atoms with Crippen LogP contribution in [0.3, 0.4) is 0 Å². The molecule has 0 aliphatic heterocycles. The Labute approximate surface area is 103 Å². The lowest BCUT2D eigenvalue weighted by Crippen LogP contribution is -2.02. The van der Waals surface area contributed by atoms with Crippen LogP contribution in [0.2, 0.25) is 0 Å². The van der Waals surface area contributed by atoms with Crippen molar-refractivity contribution in [2.75, 3.05) is 0 Å². The highest BCUT2D eigenvalue weighted by molar-refractivity contribution is 9.10. The van der Waals surface area contributed by atoms with Gasteiger partial charge in [-0.2, -0.15) is 5.26 Å². The van der Waals surface area contributed by atoms with Crippen LogP contribution in [0.5, 0.6) is 0 Å². The molecule has 1 nitrogen and oxygen atoms in total. The summed E-state index contributed by atoms with van der Waals surface area (Å²) >= 11 is 3.48. The fourth-order valence-corrected chi connectivity index (χ4v) is 2.62. The summed E-state index contributed by atoms with van der Waals surface area (Å²) < 4.78 is 1.08. The fourth-order valence-electron chi connectivity index (χ4n) is 2.24. The van der Waals surface area contributed by atoms with Gasteiger partial charge in [0.05, 0.1) is 11.5 Å². The molecule has 16 heavy (non-hydrogen) atoms. The molecule has 0 spiro atoms. The van der Waals surface area contributed by atoms with Crippen LogP contribution < -0.4 is 0 Å². The summed E-state index contributed by atoms with van der Waals surface area (Å²) in [6, 6.07) is 14.9. The number of fused-ring (bicyclic) bond motifs is 1. The summed E-state index contributed by atoms with van der Waals surface area (Å²) in [4.78, 5) is 0. The Kier molecular flexibility index (Phi) is 2.05. The van der Waals surface area contributed by atoms with Gasteiger partial charge in [-0.25, -0.2) is 0 Å². The highest BCUT2D eigenvalue weighted by Crippen LogP contribution is 2.49. The molecule has 1 aliphatic rings. The Morgan fingerprint density at radius 3 is 2.69 bits per heavy atom. The quantitative estimate of drug-likeness (QED) is 0.764. The van der Waals surface area contributed by atoms with Crippen molar-refractivity contribution in [2.45, 2.75) is 18.3 Å². The van der Waals surface area contributed by atoms with Crippen LogP contribution in [-0.4, -0.2) is 0 Å². The molecule has 78 valence electrons. The molecule has 1 aliphatic carbocycles. The third-order valence-corrected chi connectivity index (χ3v) is 3.82. The molecule has 1 saturated carbocycles. The first-order valence-electron chi connectivity index (χ1n) is 5.35. The lowest BCUT2D eigenvalue weighted by molar-refractivity contribution is 0.920. The van der Waals surface area contributed by atoms with E-state index in [4.69, 9.17) is 0 Å². The minimum atomic E-state index is -0.201. The molecule has 2 aromatic carbocycles. The van der Waals surface area contributed by atoms with Crippen LogP contribution in [-0.2, 0) is 5.41 Å². The minimum Gasteiger partial charge on any atom is -0.197 e. The number of hydrogen-bond donors (Lipinski definition) is 0. The van der Waals surface area contributed by atoms with Gasteiger partial charge < -0.3 is 0 Å². The molecule has 0 aromatic heterocycles. The molecule has 1 fully saturated rings. The van der Waals surface area contributed by atoms with Gasteiger partial charge in [0.15, 0.2) is 0 Å². The predicted molar refractivity (Wildman–Crippen MR) is 68.2 cm³/mol. The number of nitrogens with zero attached hydrogens (tertiary/aromatic N) is 1. The lowest BCUT2D eigenvalue weighted by Gasteiger charge is -2.10. The van der Waals surface area contributed by atoms with Crippen LogP contribution in [0.15, 0.2) is 40.9 Å². The normalized spacial score (nSPS) is 17.0. The van der Waals surface area contributed by atoms with Crippen molar-refractivity contribution in [3.05, 3.63) is 46.4 Å². The molecular formula is C14H10BrN. The third-order valence-electron chi connectivity index (χ3n) is 3.32. The van der Waals surface area contributed by atoms with Crippen molar-refractivity contribution in [1.29, 1.82) is 5.26 Å². The maximum Gasteiger partial charge on any atom is 0.0829 e. The van der Waals surface area contributed by atoms with Crippen molar-refractivity contribution in [1.82, 2.24) is 0 Å². The van der Waals surface area contributed by atoms with Crippen molar-refractivity contribution < 1.29 is 0 Å². The van der Waals surface area contributed by atoms with Crippen LogP contribution in [0.1, 0.15) is 18.4 Å². The standard InChI is InChI=1S/C14H10BrN/c15-11-4-5-12-10(8-11)2-1-3-13(12)14(9-16)6-7-14/h1-5,8H,6-7H2. The number of benzene rings is 2. The molecule has 0 heterocycles. The van der Waals surface area contributed by atoms with E-state index >= 15 is 0 Å². The summed E-state index contributed by atoms with van der Waals surface area (Å²) in [5.41, 5.74) is 0.993. The molecule has 0 unspecified atom stereocenters. The molecule has 3 rings (SSSR count). The summed E-state index contributed by atoms with van der Waals surface area (Å²) in [7, 11) is 0. The van der Waals surface area contributed by atoms with Crippen molar-refractivity contribution in [2.24, 2.45) is 0 Å². The average molecular weight is 272 g/mol. The number of halogens is 1. The van der Waals surface area contributed by atoms with Gasteiger partial charge >= 0.3 is 0 Å². The zero-order valence-electron chi connectivity index (χ0n) is 8.70. The largest absolute Gasteiger partial charge is 0.197 e. The molecule has 0 N–H and O–H groups in total. The van der Waals surface area contributed by atoms with E-state index in [1.807, 2.05) is 12.1 Å². The van der Waals surface area contributed by atoms with Gasteiger partial charge in [0.2, 0.25) is 0 Å². The van der Waals surface area contributed by atoms with E-state index < -0.39 is 0 Å². The van der Waals surface area contributed by atoms with Gasteiger partial charge in [-0.3, -0.25) is 0 Å². The predicted octanol–water partition coefficient (Wildman–Crippen LogP) is 4.16. The fraction of sp³-hybridized carbons (Fsp3) is 0.214. The van der Waals surface area contributed by atoms with Gasteiger partial charge in [0, 0.05) is 4.47 Å². The first-order valence-corrected chi connectivity index (χ1v) is 6.14. The molecule has 0 radical (unpaired) electrons. The first-order chi connectivity index (χ1) is 7.75. The van der Waals surface area contributed by atoms with E-state index in [0.29, 0.717) is 0 Å². The third kappa shape index (κ3) is 1.36. The van der Waals surface area contributed by atoms with E-state index in [1.165, 1.54) is 16.3 Å². The maximum absolute atomic E-state index is 9.26. The molecule has 0 bridgehead atoms. The Hall–Kier alpha value is -1.33. The summed E-state index contributed by atoms with van der Waals surface area (Å²) in [6.07, 6.45) is 2.00. The topological polar surface area (TPSA) is 23.8 Å². The molecule has 0 atom stereocenters. The number of hydrogen-bond acceptors (Lipinski definition) is 1. The zero-order chi connectivity index (χ0) is 11.2. The molecular weight excluding hydrogens is 262 g/mol.